The minimum absolute atomic E-state index is 0.358. The Morgan fingerprint density at radius 1 is 0.852 bits per heavy atom. The van der Waals surface area contributed by atoms with Crippen molar-refractivity contribution in [1.29, 1.82) is 10.5 Å². The van der Waals surface area contributed by atoms with Gasteiger partial charge in [-0.25, -0.2) is 4.98 Å². The fourth-order valence-corrected chi connectivity index (χ4v) is 3.69. The molecule has 2 aromatic heterocycles. The molecule has 0 aliphatic carbocycles. The lowest BCUT2D eigenvalue weighted by molar-refractivity contribution is 0.415. The minimum atomic E-state index is 0.358. The molecule has 27 heavy (non-hydrogen) atoms. The summed E-state index contributed by atoms with van der Waals surface area (Å²) in [7, 11) is 1.63. The molecule has 0 bridgehead atoms. The van der Waals surface area contributed by atoms with E-state index in [4.69, 9.17) is 9.72 Å². The van der Waals surface area contributed by atoms with Crippen LogP contribution in [0.15, 0.2) is 54.6 Å². The number of hydrogen-bond donors (Lipinski definition) is 0. The highest BCUT2D eigenvalue weighted by molar-refractivity contribution is 6.14. The topological polar surface area (TPSA) is 74.1 Å². The van der Waals surface area contributed by atoms with Crippen LogP contribution in [0.2, 0.25) is 0 Å². The quantitative estimate of drug-likeness (QED) is 0.417. The summed E-state index contributed by atoms with van der Waals surface area (Å²) in [5.41, 5.74) is 4.20. The van der Waals surface area contributed by atoms with Crippen molar-refractivity contribution in [1.82, 2.24) is 9.38 Å². The van der Waals surface area contributed by atoms with Crippen molar-refractivity contribution >= 4 is 38.4 Å². The van der Waals surface area contributed by atoms with E-state index in [1.54, 1.807) is 19.2 Å². The van der Waals surface area contributed by atoms with Crippen LogP contribution in [0.3, 0.4) is 0 Å². The summed E-state index contributed by atoms with van der Waals surface area (Å²) in [5.74, 6) is 0.741. The van der Waals surface area contributed by atoms with E-state index in [-0.39, 0.29) is 0 Å². The van der Waals surface area contributed by atoms with E-state index < -0.39 is 0 Å². The van der Waals surface area contributed by atoms with Crippen LogP contribution in [0.5, 0.6) is 5.75 Å². The molecule has 0 fully saturated rings. The molecule has 5 aromatic rings. The van der Waals surface area contributed by atoms with Gasteiger partial charge in [-0.05, 0) is 47.9 Å². The maximum Gasteiger partial charge on any atom is 0.146 e. The van der Waals surface area contributed by atoms with Crippen LogP contribution in [0.4, 0.5) is 0 Å². The second-order valence-electron chi connectivity index (χ2n) is 6.31. The van der Waals surface area contributed by atoms with Gasteiger partial charge in [-0.1, -0.05) is 12.1 Å². The molecule has 5 nitrogen and oxygen atoms in total. The third-order valence-electron chi connectivity index (χ3n) is 4.94. The molecule has 0 amide bonds. The van der Waals surface area contributed by atoms with Gasteiger partial charge >= 0.3 is 0 Å². The number of nitrogens with zero attached hydrogens (tertiary/aromatic N) is 4. The first kappa shape index (κ1) is 15.2. The Kier molecular flexibility index (Phi) is 3.07. The molecule has 0 unspecified atom stereocenters. The molecule has 2 heterocycles. The number of para-hydroxylation sites is 2. The molecule has 0 radical (unpaired) electrons. The molecule has 126 valence electrons. The van der Waals surface area contributed by atoms with Crippen molar-refractivity contribution in [3.05, 3.63) is 65.7 Å². The summed E-state index contributed by atoms with van der Waals surface area (Å²) in [5, 5.41) is 21.8. The van der Waals surface area contributed by atoms with E-state index in [9.17, 15) is 10.5 Å². The van der Waals surface area contributed by atoms with Gasteiger partial charge in [0.15, 0.2) is 0 Å². The Bertz CT molecular complexity index is 1480. The standard InChI is InChI=1S/C22H12N4O/c1-27-15-6-7-16-17-8-13(11-23)14(12-24)9-21(17)26-20-5-3-2-4-19(20)25-22(26)18(16)10-15/h2-10H,1H3. The minimum Gasteiger partial charge on any atom is -0.497 e. The van der Waals surface area contributed by atoms with Crippen LogP contribution >= 0.6 is 0 Å². The second kappa shape index (κ2) is 5.45. The highest BCUT2D eigenvalue weighted by Crippen LogP contribution is 2.35. The summed E-state index contributed by atoms with van der Waals surface area (Å²) < 4.78 is 7.46. The molecule has 0 N–H and O–H groups in total. The lowest BCUT2D eigenvalue weighted by Gasteiger charge is -2.11. The van der Waals surface area contributed by atoms with Gasteiger partial charge in [-0.15, -0.1) is 0 Å². The number of imidazole rings is 1. The van der Waals surface area contributed by atoms with E-state index >= 15 is 0 Å². The Morgan fingerprint density at radius 2 is 1.63 bits per heavy atom. The molecule has 0 saturated carbocycles. The summed E-state index contributed by atoms with van der Waals surface area (Å²) >= 11 is 0. The summed E-state index contributed by atoms with van der Waals surface area (Å²) in [6.07, 6.45) is 0. The third-order valence-corrected chi connectivity index (χ3v) is 4.94. The number of ether oxygens (including phenoxy) is 1. The monoisotopic (exact) mass is 348 g/mol. The van der Waals surface area contributed by atoms with E-state index in [0.717, 1.165) is 44.1 Å². The molecule has 5 rings (SSSR count). The maximum atomic E-state index is 9.48. The third kappa shape index (κ3) is 2.00. The van der Waals surface area contributed by atoms with Crippen LogP contribution in [0.1, 0.15) is 11.1 Å². The second-order valence-corrected chi connectivity index (χ2v) is 6.31. The van der Waals surface area contributed by atoms with Crippen molar-refractivity contribution < 1.29 is 4.74 Å². The van der Waals surface area contributed by atoms with Gasteiger partial charge in [0, 0.05) is 10.8 Å². The summed E-state index contributed by atoms with van der Waals surface area (Å²) in [6.45, 7) is 0. The average Bonchev–Trinajstić information content (AvgIpc) is 3.12. The smallest absolute Gasteiger partial charge is 0.146 e. The van der Waals surface area contributed by atoms with Crippen molar-refractivity contribution in [3.63, 3.8) is 0 Å². The molecule has 0 atom stereocenters. The zero-order valence-corrected chi connectivity index (χ0v) is 14.4. The van der Waals surface area contributed by atoms with Gasteiger partial charge in [0.25, 0.3) is 0 Å². The van der Waals surface area contributed by atoms with Gasteiger partial charge in [-0.3, -0.25) is 4.40 Å². The zero-order valence-electron chi connectivity index (χ0n) is 14.4. The number of benzene rings is 3. The van der Waals surface area contributed by atoms with Crippen LogP contribution in [-0.2, 0) is 0 Å². The molecular formula is C22H12N4O. The summed E-state index contributed by atoms with van der Waals surface area (Å²) in [6, 6.07) is 21.5. The first-order chi connectivity index (χ1) is 13.2. The molecule has 0 aliphatic rings. The number of fused-ring (bicyclic) bond motifs is 8. The number of aromatic nitrogens is 2. The van der Waals surface area contributed by atoms with Gasteiger partial charge in [-0.2, -0.15) is 10.5 Å². The van der Waals surface area contributed by atoms with Crippen molar-refractivity contribution in [2.24, 2.45) is 0 Å². The number of nitriles is 2. The van der Waals surface area contributed by atoms with Gasteiger partial charge < -0.3 is 4.74 Å². The SMILES string of the molecule is COc1ccc2c3cc(C#N)c(C#N)cc3n3c4ccccc4nc3c2c1. The Morgan fingerprint density at radius 3 is 2.41 bits per heavy atom. The average molecular weight is 348 g/mol. The molecule has 0 aliphatic heterocycles. The largest absolute Gasteiger partial charge is 0.497 e. The van der Waals surface area contributed by atoms with Crippen molar-refractivity contribution in [2.45, 2.75) is 0 Å². The van der Waals surface area contributed by atoms with Gasteiger partial charge in [0.2, 0.25) is 0 Å². The van der Waals surface area contributed by atoms with E-state index in [0.29, 0.717) is 11.1 Å². The fourth-order valence-electron chi connectivity index (χ4n) is 3.69. The van der Waals surface area contributed by atoms with Crippen LogP contribution in [0, 0.1) is 22.7 Å². The molecule has 5 heteroatoms. The number of rotatable bonds is 1. The molecular weight excluding hydrogens is 336 g/mol. The van der Waals surface area contributed by atoms with Crippen molar-refractivity contribution in [2.75, 3.05) is 7.11 Å². The lowest BCUT2D eigenvalue weighted by Crippen LogP contribution is -1.95. The number of methoxy groups -OCH3 is 1. The van der Waals surface area contributed by atoms with E-state index in [1.807, 2.05) is 42.5 Å². The highest BCUT2D eigenvalue weighted by Gasteiger charge is 2.16. The van der Waals surface area contributed by atoms with Crippen LogP contribution in [-0.4, -0.2) is 16.5 Å². The van der Waals surface area contributed by atoms with Gasteiger partial charge in [0.05, 0.1) is 34.8 Å². The lowest BCUT2D eigenvalue weighted by atomic mass is 10.0. The Labute approximate surface area is 154 Å². The normalized spacial score (nSPS) is 11.1. The Hall–Kier alpha value is -4.09. The molecule has 3 aromatic carbocycles. The van der Waals surface area contributed by atoms with Crippen LogP contribution in [0.25, 0.3) is 38.4 Å². The first-order valence-corrected chi connectivity index (χ1v) is 8.40. The van der Waals surface area contributed by atoms with Gasteiger partial charge in [0.1, 0.15) is 23.5 Å². The molecule has 0 spiro atoms. The van der Waals surface area contributed by atoms with Crippen LogP contribution < -0.4 is 4.74 Å². The fraction of sp³-hybridized carbons (Fsp3) is 0.0455. The molecule has 0 saturated heterocycles. The first-order valence-electron chi connectivity index (χ1n) is 8.40. The number of hydrogen-bond acceptors (Lipinski definition) is 4. The predicted molar refractivity (Wildman–Crippen MR) is 104 cm³/mol. The van der Waals surface area contributed by atoms with Crippen molar-refractivity contribution in [3.8, 4) is 17.9 Å². The summed E-state index contributed by atoms with van der Waals surface area (Å²) in [4.78, 5) is 4.83. The van der Waals surface area contributed by atoms with E-state index in [2.05, 4.69) is 16.5 Å². The highest BCUT2D eigenvalue weighted by atomic mass is 16.5. The maximum absolute atomic E-state index is 9.48. The number of pyridine rings is 1. The predicted octanol–water partition coefficient (Wildman–Crippen LogP) is 4.55. The Balaban J connectivity index is 2.15. The zero-order chi connectivity index (χ0) is 18.5. The van der Waals surface area contributed by atoms with E-state index in [1.165, 1.54) is 0 Å².